The van der Waals surface area contributed by atoms with E-state index in [0.717, 1.165) is 13.0 Å². The minimum absolute atomic E-state index is 0.0162. The van der Waals surface area contributed by atoms with Crippen molar-refractivity contribution in [2.75, 3.05) is 31.1 Å². The van der Waals surface area contributed by atoms with Crippen LogP contribution in [-0.2, 0) is 14.5 Å². The molecule has 0 amide bonds. The number of rotatable bonds is 6. The highest BCUT2D eigenvalue weighted by Gasteiger charge is 2.30. The Morgan fingerprint density at radius 3 is 2.16 bits per heavy atom. The molecule has 0 aromatic carbocycles. The van der Waals surface area contributed by atoms with Gasteiger partial charge in [-0.1, -0.05) is 34.6 Å². The highest BCUT2D eigenvalue weighted by molar-refractivity contribution is 7.92. The molecule has 0 saturated carbocycles. The van der Waals surface area contributed by atoms with E-state index in [1.54, 1.807) is 0 Å². The number of likely N-dealkylation sites (tertiary alicyclic amines) is 1. The van der Waals surface area contributed by atoms with Crippen molar-refractivity contribution in [3.63, 3.8) is 0 Å². The molecule has 1 aliphatic rings. The predicted octanol–water partition coefficient (Wildman–Crippen LogP) is 2.38. The second-order valence-corrected chi connectivity index (χ2v) is 10.1. The van der Waals surface area contributed by atoms with Crippen LogP contribution in [0.5, 0.6) is 0 Å². The van der Waals surface area contributed by atoms with Gasteiger partial charge in [-0.2, -0.15) is 0 Å². The van der Waals surface area contributed by atoms with Crippen LogP contribution in [0.25, 0.3) is 0 Å². The Morgan fingerprint density at radius 1 is 1.21 bits per heavy atom. The monoisotopic (exact) mass is 288 g/mol. The first-order chi connectivity index (χ1) is 8.39. The zero-order valence-electron chi connectivity index (χ0n) is 12.9. The van der Waals surface area contributed by atoms with Gasteiger partial charge in [-0.3, -0.25) is 14.5 Å². The quantitative estimate of drug-likeness (QED) is 0.816. The van der Waals surface area contributed by atoms with Crippen LogP contribution in [0, 0.1) is 15.6 Å². The summed E-state index contributed by atoms with van der Waals surface area (Å²) in [5.41, 5.74) is -0.0465. The van der Waals surface area contributed by atoms with E-state index in [0.29, 0.717) is 30.4 Å². The summed E-state index contributed by atoms with van der Waals surface area (Å²) in [6, 6.07) is 0. The summed E-state index contributed by atoms with van der Waals surface area (Å²) in [5.74, 6) is 1.21. The van der Waals surface area contributed by atoms with Crippen LogP contribution >= 0.6 is 0 Å². The Balaban J connectivity index is 2.43. The summed E-state index contributed by atoms with van der Waals surface area (Å²) in [6.07, 6.45) is 0.774. The summed E-state index contributed by atoms with van der Waals surface area (Å²) >= 11 is 0. The first-order valence-corrected chi connectivity index (χ1v) is 8.76. The van der Waals surface area contributed by atoms with Crippen LogP contribution in [0.15, 0.2) is 0 Å². The number of carbonyl (C=O) groups excluding carboxylic acids is 1. The summed E-state index contributed by atoms with van der Waals surface area (Å²) in [5, 5.41) is 0. The fraction of sp³-hybridized carbons (Fsp3) is 0.929. The lowest BCUT2D eigenvalue weighted by molar-refractivity contribution is -0.130. The molecule has 0 aliphatic carbocycles. The Morgan fingerprint density at radius 2 is 1.74 bits per heavy atom. The van der Waals surface area contributed by atoms with Gasteiger partial charge in [-0.15, -0.1) is 0 Å². The molecule has 19 heavy (non-hydrogen) atoms. The summed E-state index contributed by atoms with van der Waals surface area (Å²) in [4.78, 5) is 13.1. The van der Waals surface area contributed by atoms with E-state index in [4.69, 9.17) is 4.78 Å². The van der Waals surface area contributed by atoms with Crippen LogP contribution < -0.4 is 0 Å². The van der Waals surface area contributed by atoms with Gasteiger partial charge in [-0.25, -0.2) is 4.21 Å². The fourth-order valence-electron chi connectivity index (χ4n) is 2.46. The molecule has 0 radical (unpaired) electrons. The van der Waals surface area contributed by atoms with E-state index in [1.807, 2.05) is 20.8 Å². The molecule has 112 valence electrons. The smallest absolute Gasteiger partial charge is 0.160 e. The Bertz CT molecular complexity index is 425. The molecule has 0 bridgehead atoms. The second kappa shape index (κ2) is 5.52. The van der Waals surface area contributed by atoms with Crippen LogP contribution in [0.1, 0.15) is 41.0 Å². The van der Waals surface area contributed by atoms with Gasteiger partial charge in [-0.05, 0) is 17.3 Å². The number of carbonyl (C=O) groups is 1. The lowest BCUT2D eigenvalue weighted by atomic mass is 9.88. The maximum absolute atomic E-state index is 12.3. The summed E-state index contributed by atoms with van der Waals surface area (Å²) in [6.45, 7) is 12.3. The molecule has 0 spiro atoms. The molecule has 1 N–H and O–H groups in total. The molecule has 5 heteroatoms. The van der Waals surface area contributed by atoms with Crippen LogP contribution in [0.3, 0.4) is 0 Å². The topological polar surface area (TPSA) is 61.2 Å². The zero-order valence-corrected chi connectivity index (χ0v) is 13.7. The number of nitrogens with zero attached hydrogens (tertiary/aromatic N) is 1. The van der Waals surface area contributed by atoms with Crippen molar-refractivity contribution in [3.05, 3.63) is 0 Å². The van der Waals surface area contributed by atoms with Crippen molar-refractivity contribution in [2.24, 2.45) is 10.8 Å². The minimum Gasteiger partial charge on any atom is -0.297 e. The van der Waals surface area contributed by atoms with Crippen molar-refractivity contribution < 1.29 is 9.00 Å². The zero-order chi connectivity index (χ0) is 14.9. The van der Waals surface area contributed by atoms with Gasteiger partial charge in [0.2, 0.25) is 0 Å². The molecule has 1 unspecified atom stereocenters. The van der Waals surface area contributed by atoms with Gasteiger partial charge < -0.3 is 0 Å². The molecular formula is C14H28N2O2S. The summed E-state index contributed by atoms with van der Waals surface area (Å²) < 4.78 is 20.3. The van der Waals surface area contributed by atoms with Gasteiger partial charge in [0.05, 0.1) is 13.1 Å². The van der Waals surface area contributed by atoms with E-state index in [-0.39, 0.29) is 10.8 Å². The Labute approximate surface area is 117 Å². The molecule has 1 rings (SSSR count). The van der Waals surface area contributed by atoms with Gasteiger partial charge in [0.15, 0.2) is 5.78 Å². The molecule has 1 aliphatic heterocycles. The number of Topliss-reactive ketones (excluding diaryl/α,β-unsaturated/α-hetero) is 1. The maximum atomic E-state index is 12.3. The number of ketones is 1. The lowest BCUT2D eigenvalue weighted by Gasteiger charge is -2.37. The van der Waals surface area contributed by atoms with E-state index < -0.39 is 9.73 Å². The first-order valence-electron chi connectivity index (χ1n) is 6.87. The normalized spacial score (nSPS) is 21.0. The van der Waals surface area contributed by atoms with Crippen LogP contribution in [-0.4, -0.2) is 46.0 Å². The first kappa shape index (κ1) is 16.6. The third-order valence-corrected chi connectivity index (χ3v) is 5.42. The van der Waals surface area contributed by atoms with E-state index >= 15 is 0 Å². The maximum Gasteiger partial charge on any atom is 0.160 e. The largest absolute Gasteiger partial charge is 0.297 e. The van der Waals surface area contributed by atoms with E-state index in [1.165, 1.54) is 0 Å². The van der Waals surface area contributed by atoms with Crippen LogP contribution in [0.4, 0.5) is 0 Å². The SMILES string of the molecule is CC(C)(C)CS(=N)(=O)CCC(C)(C)CN1CC(=O)C1. The fourth-order valence-corrected chi connectivity index (χ4v) is 4.89. The van der Waals surface area contributed by atoms with E-state index in [2.05, 4.69) is 18.7 Å². The van der Waals surface area contributed by atoms with Crippen molar-refractivity contribution in [2.45, 2.75) is 41.0 Å². The average Bonchev–Trinajstić information content (AvgIpc) is 2.08. The Hall–Kier alpha value is -0.420. The number of nitrogens with one attached hydrogen (secondary N) is 1. The van der Waals surface area contributed by atoms with Crippen molar-refractivity contribution >= 4 is 15.5 Å². The van der Waals surface area contributed by atoms with Gasteiger partial charge in [0.25, 0.3) is 0 Å². The predicted molar refractivity (Wildman–Crippen MR) is 79.9 cm³/mol. The molecule has 0 aromatic rings. The number of hydrogen-bond acceptors (Lipinski definition) is 4. The van der Waals surface area contributed by atoms with Gasteiger partial charge >= 0.3 is 0 Å². The molecule has 1 saturated heterocycles. The van der Waals surface area contributed by atoms with Crippen molar-refractivity contribution in [3.8, 4) is 0 Å². The second-order valence-electron chi connectivity index (χ2n) is 7.82. The van der Waals surface area contributed by atoms with Crippen LogP contribution in [0.2, 0.25) is 0 Å². The van der Waals surface area contributed by atoms with Gasteiger partial charge in [0.1, 0.15) is 0 Å². The van der Waals surface area contributed by atoms with Crippen molar-refractivity contribution in [1.82, 2.24) is 4.90 Å². The standard InChI is InChI=1S/C14H28N2O2S/c1-13(2,3)11-19(15,18)7-6-14(4,5)10-16-8-12(17)9-16/h15H,6-11H2,1-5H3. The molecular weight excluding hydrogens is 260 g/mol. The third kappa shape index (κ3) is 6.52. The highest BCUT2D eigenvalue weighted by atomic mass is 32.2. The molecule has 0 aromatic heterocycles. The average molecular weight is 288 g/mol. The molecule has 4 nitrogen and oxygen atoms in total. The molecule has 1 atom stereocenters. The Kier molecular flexibility index (Phi) is 4.84. The van der Waals surface area contributed by atoms with Crippen molar-refractivity contribution in [1.29, 1.82) is 4.78 Å². The summed E-state index contributed by atoms with van der Waals surface area (Å²) in [7, 11) is -2.49. The number of hydrogen-bond donors (Lipinski definition) is 1. The lowest BCUT2D eigenvalue weighted by Crippen LogP contribution is -2.51. The molecule has 1 heterocycles. The van der Waals surface area contributed by atoms with E-state index in [9.17, 15) is 9.00 Å². The van der Waals surface area contributed by atoms with Gasteiger partial charge in [0, 0.05) is 27.8 Å². The highest BCUT2D eigenvalue weighted by Crippen LogP contribution is 2.26. The minimum atomic E-state index is -2.49. The molecule has 1 fully saturated rings. The third-order valence-electron chi connectivity index (χ3n) is 3.23.